The summed E-state index contributed by atoms with van der Waals surface area (Å²) in [5.74, 6) is 0.911. The molecule has 29 heavy (non-hydrogen) atoms. The standard InChI is InChI=1S/C21H19N3O4S/c1-27-19-11-10-16(23-29(25,26)18-7-3-2-4-8-18)13-20(19)28-15-17-14-24-12-6-5-9-21(24)22-17/h2-14,23H,15H2,1H3. The molecule has 4 rings (SSSR count). The highest BCUT2D eigenvalue weighted by atomic mass is 32.2. The van der Waals surface area contributed by atoms with E-state index < -0.39 is 10.0 Å². The first-order valence-corrected chi connectivity index (χ1v) is 10.3. The molecule has 2 aromatic carbocycles. The molecular weight excluding hydrogens is 390 g/mol. The number of nitrogens with zero attached hydrogens (tertiary/aromatic N) is 2. The highest BCUT2D eigenvalue weighted by Crippen LogP contribution is 2.31. The topological polar surface area (TPSA) is 81.9 Å². The van der Waals surface area contributed by atoms with Crippen molar-refractivity contribution in [1.29, 1.82) is 0 Å². The van der Waals surface area contributed by atoms with Crippen molar-refractivity contribution in [2.24, 2.45) is 0 Å². The minimum absolute atomic E-state index is 0.183. The number of anilines is 1. The molecule has 2 heterocycles. The second-order valence-corrected chi connectivity index (χ2v) is 7.95. The van der Waals surface area contributed by atoms with Crippen LogP contribution < -0.4 is 14.2 Å². The van der Waals surface area contributed by atoms with Gasteiger partial charge in [0.1, 0.15) is 12.3 Å². The lowest BCUT2D eigenvalue weighted by Crippen LogP contribution is -2.13. The van der Waals surface area contributed by atoms with Crippen LogP contribution in [0.5, 0.6) is 11.5 Å². The van der Waals surface area contributed by atoms with E-state index in [9.17, 15) is 8.42 Å². The van der Waals surface area contributed by atoms with Gasteiger partial charge < -0.3 is 13.9 Å². The van der Waals surface area contributed by atoms with Crippen molar-refractivity contribution < 1.29 is 17.9 Å². The summed E-state index contributed by atoms with van der Waals surface area (Å²) in [4.78, 5) is 4.67. The number of aromatic nitrogens is 2. The largest absolute Gasteiger partial charge is 0.493 e. The summed E-state index contributed by atoms with van der Waals surface area (Å²) < 4.78 is 40.8. The van der Waals surface area contributed by atoms with Crippen LogP contribution in [0.25, 0.3) is 5.65 Å². The number of sulfonamides is 1. The maximum absolute atomic E-state index is 12.6. The molecule has 0 aliphatic heterocycles. The predicted octanol–water partition coefficient (Wildman–Crippen LogP) is 3.72. The van der Waals surface area contributed by atoms with E-state index in [1.807, 2.05) is 35.0 Å². The smallest absolute Gasteiger partial charge is 0.261 e. The Bertz CT molecular complexity index is 1200. The molecule has 0 saturated heterocycles. The van der Waals surface area contributed by atoms with Crippen LogP contribution in [0.2, 0.25) is 0 Å². The Labute approximate surface area is 168 Å². The first-order chi connectivity index (χ1) is 14.0. The number of nitrogens with one attached hydrogen (secondary N) is 1. The first kappa shape index (κ1) is 18.8. The Morgan fingerprint density at radius 1 is 1.00 bits per heavy atom. The van der Waals surface area contributed by atoms with Crippen LogP contribution in [0, 0.1) is 0 Å². The molecule has 0 spiro atoms. The Kier molecular flexibility index (Phi) is 5.09. The zero-order chi connectivity index (χ0) is 20.3. The number of rotatable bonds is 7. The molecule has 0 bridgehead atoms. The molecule has 2 aromatic heterocycles. The van der Waals surface area contributed by atoms with Gasteiger partial charge in [-0.2, -0.15) is 0 Å². The average molecular weight is 409 g/mol. The van der Waals surface area contributed by atoms with Crippen molar-refractivity contribution in [1.82, 2.24) is 9.38 Å². The molecule has 0 atom stereocenters. The maximum atomic E-state index is 12.6. The fourth-order valence-corrected chi connectivity index (χ4v) is 3.95. The normalized spacial score (nSPS) is 11.3. The fourth-order valence-electron chi connectivity index (χ4n) is 2.88. The third kappa shape index (κ3) is 4.17. The minimum Gasteiger partial charge on any atom is -0.493 e. The number of hydrogen-bond donors (Lipinski definition) is 1. The van der Waals surface area contributed by atoms with Crippen LogP contribution in [-0.2, 0) is 16.6 Å². The summed E-state index contributed by atoms with van der Waals surface area (Å²) in [6.45, 7) is 0.215. The maximum Gasteiger partial charge on any atom is 0.261 e. The highest BCUT2D eigenvalue weighted by molar-refractivity contribution is 7.92. The van der Waals surface area contributed by atoms with E-state index in [-0.39, 0.29) is 11.5 Å². The zero-order valence-electron chi connectivity index (χ0n) is 15.6. The van der Waals surface area contributed by atoms with E-state index in [0.717, 1.165) is 11.3 Å². The van der Waals surface area contributed by atoms with Crippen LogP contribution in [0.4, 0.5) is 5.69 Å². The summed E-state index contributed by atoms with van der Waals surface area (Å²) in [6.07, 6.45) is 3.79. The molecule has 0 fully saturated rings. The summed E-state index contributed by atoms with van der Waals surface area (Å²) in [5, 5.41) is 0. The van der Waals surface area contributed by atoms with Gasteiger partial charge in [-0.05, 0) is 36.4 Å². The molecule has 0 aliphatic carbocycles. The number of fused-ring (bicyclic) bond motifs is 1. The monoisotopic (exact) mass is 409 g/mol. The van der Waals surface area contributed by atoms with Gasteiger partial charge >= 0.3 is 0 Å². The minimum atomic E-state index is -3.70. The molecule has 148 valence electrons. The molecule has 0 unspecified atom stereocenters. The van der Waals surface area contributed by atoms with E-state index in [1.165, 1.54) is 19.2 Å². The Hall–Kier alpha value is -3.52. The van der Waals surface area contributed by atoms with Crippen molar-refractivity contribution >= 4 is 21.4 Å². The van der Waals surface area contributed by atoms with Gasteiger partial charge in [0, 0.05) is 18.5 Å². The van der Waals surface area contributed by atoms with Gasteiger partial charge in [-0.3, -0.25) is 4.72 Å². The lowest BCUT2D eigenvalue weighted by atomic mass is 10.3. The summed E-state index contributed by atoms with van der Waals surface area (Å²) in [5.41, 5.74) is 1.94. The molecule has 1 N–H and O–H groups in total. The van der Waals surface area contributed by atoms with E-state index in [1.54, 1.807) is 36.4 Å². The van der Waals surface area contributed by atoms with Crippen LogP contribution in [-0.4, -0.2) is 24.9 Å². The van der Waals surface area contributed by atoms with Gasteiger partial charge in [-0.25, -0.2) is 13.4 Å². The zero-order valence-corrected chi connectivity index (χ0v) is 16.5. The second-order valence-electron chi connectivity index (χ2n) is 6.27. The molecule has 0 saturated carbocycles. The second kappa shape index (κ2) is 7.84. The molecular formula is C21H19N3O4S. The van der Waals surface area contributed by atoms with Crippen molar-refractivity contribution in [3.63, 3.8) is 0 Å². The number of methoxy groups -OCH3 is 1. The van der Waals surface area contributed by atoms with Gasteiger partial charge in [0.15, 0.2) is 11.5 Å². The molecule has 0 aliphatic rings. The molecule has 4 aromatic rings. The van der Waals surface area contributed by atoms with Gasteiger partial charge in [-0.1, -0.05) is 24.3 Å². The van der Waals surface area contributed by atoms with Crippen molar-refractivity contribution in [2.45, 2.75) is 11.5 Å². The average Bonchev–Trinajstić information content (AvgIpc) is 3.16. The van der Waals surface area contributed by atoms with Gasteiger partial charge in [-0.15, -0.1) is 0 Å². The molecule has 7 nitrogen and oxygen atoms in total. The summed E-state index contributed by atoms with van der Waals surface area (Å²) in [6, 6.07) is 18.8. The quantitative estimate of drug-likeness (QED) is 0.503. The lowest BCUT2D eigenvalue weighted by Gasteiger charge is -2.13. The molecule has 0 amide bonds. The van der Waals surface area contributed by atoms with Crippen LogP contribution in [0.1, 0.15) is 5.69 Å². The highest BCUT2D eigenvalue weighted by Gasteiger charge is 2.15. The van der Waals surface area contributed by atoms with Crippen molar-refractivity contribution in [3.05, 3.63) is 84.8 Å². The summed E-state index contributed by atoms with van der Waals surface area (Å²) >= 11 is 0. The van der Waals surface area contributed by atoms with Crippen LogP contribution >= 0.6 is 0 Å². The van der Waals surface area contributed by atoms with Crippen molar-refractivity contribution in [3.8, 4) is 11.5 Å². The lowest BCUT2D eigenvalue weighted by molar-refractivity contribution is 0.281. The van der Waals surface area contributed by atoms with Crippen LogP contribution in [0.3, 0.4) is 0 Å². The molecule has 0 radical (unpaired) electrons. The number of pyridine rings is 1. The van der Waals surface area contributed by atoms with E-state index in [2.05, 4.69) is 9.71 Å². The van der Waals surface area contributed by atoms with E-state index >= 15 is 0 Å². The third-order valence-electron chi connectivity index (χ3n) is 4.26. The number of imidazole rings is 1. The van der Waals surface area contributed by atoms with Gasteiger partial charge in [0.05, 0.1) is 23.4 Å². The Morgan fingerprint density at radius 3 is 2.55 bits per heavy atom. The fraction of sp³-hybridized carbons (Fsp3) is 0.0952. The van der Waals surface area contributed by atoms with E-state index in [4.69, 9.17) is 9.47 Å². The van der Waals surface area contributed by atoms with Gasteiger partial charge in [0.25, 0.3) is 10.0 Å². The number of ether oxygens (including phenoxy) is 2. The summed E-state index contributed by atoms with van der Waals surface area (Å²) in [7, 11) is -2.17. The number of benzene rings is 2. The van der Waals surface area contributed by atoms with E-state index in [0.29, 0.717) is 17.2 Å². The molecule has 8 heteroatoms. The van der Waals surface area contributed by atoms with Gasteiger partial charge in [0.2, 0.25) is 0 Å². The predicted molar refractivity (Wildman–Crippen MR) is 110 cm³/mol. The first-order valence-electron chi connectivity index (χ1n) is 8.86. The van der Waals surface area contributed by atoms with Crippen molar-refractivity contribution in [2.75, 3.05) is 11.8 Å². The van der Waals surface area contributed by atoms with Crippen LogP contribution in [0.15, 0.2) is 84.0 Å². The number of hydrogen-bond acceptors (Lipinski definition) is 5. The third-order valence-corrected chi connectivity index (χ3v) is 5.66. The SMILES string of the molecule is COc1ccc(NS(=O)(=O)c2ccccc2)cc1OCc1cn2ccccc2n1. The Balaban J connectivity index is 1.55. The Morgan fingerprint density at radius 2 is 1.79 bits per heavy atom.